The number of piperazine rings is 1. The van der Waals surface area contributed by atoms with Crippen molar-refractivity contribution in [2.75, 3.05) is 57.3 Å². The van der Waals surface area contributed by atoms with E-state index in [0.29, 0.717) is 6.54 Å². The number of guanidine groups is 1. The zero-order chi connectivity index (χ0) is 21.9. The fourth-order valence-corrected chi connectivity index (χ4v) is 3.45. The minimum absolute atomic E-state index is 0.0446. The van der Waals surface area contributed by atoms with Crippen molar-refractivity contribution in [1.82, 2.24) is 30.4 Å². The number of rotatable bonds is 10. The van der Waals surface area contributed by atoms with Crippen LogP contribution in [0.5, 0.6) is 0 Å². The summed E-state index contributed by atoms with van der Waals surface area (Å²) < 4.78 is 0. The number of hydrogen-bond acceptors (Lipinski definition) is 8. The first kappa shape index (κ1) is 24.1. The third-order valence-electron chi connectivity index (χ3n) is 5.10. The first-order chi connectivity index (χ1) is 14.4. The summed E-state index contributed by atoms with van der Waals surface area (Å²) in [6.45, 7) is 9.66. The number of nitrogens with zero attached hydrogens (tertiary/aromatic N) is 4. The Morgan fingerprint density at radius 2 is 1.63 bits per heavy atom. The lowest BCUT2D eigenvalue weighted by atomic mass is 10.2. The van der Waals surface area contributed by atoms with Gasteiger partial charge in [-0.2, -0.15) is 0 Å². The van der Waals surface area contributed by atoms with E-state index in [1.54, 1.807) is 0 Å². The van der Waals surface area contributed by atoms with Crippen LogP contribution in [0.2, 0.25) is 5.15 Å². The van der Waals surface area contributed by atoms with Crippen molar-refractivity contribution in [3.8, 4) is 0 Å². The molecule has 1 aliphatic heterocycles. The smallest absolute Gasteiger partial charge is 0.280 e. The van der Waals surface area contributed by atoms with Gasteiger partial charge in [0.15, 0.2) is 28.4 Å². The first-order valence-corrected chi connectivity index (χ1v) is 11.0. The quantitative estimate of drug-likeness (QED) is 0.207. The molecule has 0 atom stereocenters. The Balaban J connectivity index is 1.57. The van der Waals surface area contributed by atoms with Gasteiger partial charge in [0.25, 0.3) is 5.91 Å². The number of carbonyl (C=O) groups excluding carboxylic acids is 1. The highest BCUT2D eigenvalue weighted by molar-refractivity contribution is 6.31. The molecule has 10 nitrogen and oxygen atoms in total. The SMILES string of the molecule is CCCCCN1CCN(CCCCNC(=N)NC(=O)c2nc(Cl)c(N)nc2N)CC1. The third kappa shape index (κ3) is 7.92. The summed E-state index contributed by atoms with van der Waals surface area (Å²) in [5.41, 5.74) is 11.0. The molecular formula is C19H34ClN9O. The Bertz CT molecular complexity index is 707. The van der Waals surface area contributed by atoms with Gasteiger partial charge in [0, 0.05) is 32.7 Å². The van der Waals surface area contributed by atoms with Crippen molar-refractivity contribution < 1.29 is 4.79 Å². The maximum Gasteiger partial charge on any atom is 0.280 e. The number of unbranched alkanes of at least 4 members (excludes halogenated alkanes) is 3. The average molecular weight is 440 g/mol. The molecule has 1 fully saturated rings. The summed E-state index contributed by atoms with van der Waals surface area (Å²) in [6.07, 6.45) is 5.83. The highest BCUT2D eigenvalue weighted by Gasteiger charge is 2.17. The second kappa shape index (κ2) is 12.5. The Hall–Kier alpha value is -2.17. The van der Waals surface area contributed by atoms with Gasteiger partial charge in [0.1, 0.15) is 0 Å². The molecule has 0 radical (unpaired) electrons. The molecule has 168 valence electrons. The lowest BCUT2D eigenvalue weighted by Crippen LogP contribution is -2.46. The second-order valence-corrected chi connectivity index (χ2v) is 7.84. The third-order valence-corrected chi connectivity index (χ3v) is 5.38. The van der Waals surface area contributed by atoms with Crippen molar-refractivity contribution in [3.05, 3.63) is 10.8 Å². The predicted octanol–water partition coefficient (Wildman–Crippen LogP) is 1.14. The fourth-order valence-electron chi connectivity index (χ4n) is 3.32. The van der Waals surface area contributed by atoms with Gasteiger partial charge >= 0.3 is 0 Å². The normalized spacial score (nSPS) is 15.1. The van der Waals surface area contributed by atoms with E-state index in [0.717, 1.165) is 45.6 Å². The van der Waals surface area contributed by atoms with E-state index < -0.39 is 5.91 Å². The van der Waals surface area contributed by atoms with Crippen molar-refractivity contribution >= 4 is 35.1 Å². The van der Waals surface area contributed by atoms with Crippen LogP contribution in [-0.2, 0) is 0 Å². The van der Waals surface area contributed by atoms with Crippen molar-refractivity contribution in [2.45, 2.75) is 39.0 Å². The summed E-state index contributed by atoms with van der Waals surface area (Å²) in [6, 6.07) is 0. The number of amides is 1. The van der Waals surface area contributed by atoms with E-state index in [-0.39, 0.29) is 28.4 Å². The summed E-state index contributed by atoms with van der Waals surface area (Å²) in [5.74, 6) is -0.949. The molecule has 0 bridgehead atoms. The zero-order valence-electron chi connectivity index (χ0n) is 17.7. The highest BCUT2D eigenvalue weighted by Crippen LogP contribution is 2.17. The van der Waals surface area contributed by atoms with Crippen molar-refractivity contribution in [1.29, 1.82) is 5.41 Å². The molecule has 30 heavy (non-hydrogen) atoms. The molecule has 11 heteroatoms. The lowest BCUT2D eigenvalue weighted by Gasteiger charge is -2.34. The molecule has 2 heterocycles. The van der Waals surface area contributed by atoms with Crippen LogP contribution in [0.25, 0.3) is 0 Å². The Labute approximate surface area is 183 Å². The average Bonchev–Trinajstić information content (AvgIpc) is 2.71. The standard InChI is InChI=1S/C19H34ClN9O/c1-2-3-5-8-28-10-12-29(13-11-28)9-6-4-7-24-19(23)27-18(30)14-16(21)26-17(22)15(20)25-14/h2-13H2,1H3,(H4,21,22,26)(H3,23,24,27,30). The first-order valence-electron chi connectivity index (χ1n) is 10.6. The minimum atomic E-state index is -0.656. The Morgan fingerprint density at radius 1 is 1.03 bits per heavy atom. The topological polar surface area (TPSA) is 149 Å². The van der Waals surface area contributed by atoms with Gasteiger partial charge in [0.2, 0.25) is 0 Å². The van der Waals surface area contributed by atoms with Crippen LogP contribution in [0.15, 0.2) is 0 Å². The van der Waals surface area contributed by atoms with Gasteiger partial charge in [-0.3, -0.25) is 15.5 Å². The maximum atomic E-state index is 12.2. The maximum absolute atomic E-state index is 12.2. The molecule has 0 aliphatic carbocycles. The van der Waals surface area contributed by atoms with Crippen LogP contribution in [0.4, 0.5) is 11.6 Å². The van der Waals surface area contributed by atoms with Crippen LogP contribution in [0.3, 0.4) is 0 Å². The molecule has 0 spiro atoms. The van der Waals surface area contributed by atoms with Crippen LogP contribution in [0, 0.1) is 5.41 Å². The number of nitrogens with two attached hydrogens (primary N) is 2. The summed E-state index contributed by atoms with van der Waals surface area (Å²) in [4.78, 5) is 24.8. The van der Waals surface area contributed by atoms with Gasteiger partial charge in [-0.15, -0.1) is 0 Å². The van der Waals surface area contributed by atoms with Gasteiger partial charge in [0.05, 0.1) is 0 Å². The minimum Gasteiger partial charge on any atom is -0.382 e. The number of carbonyl (C=O) groups is 1. The number of anilines is 2. The second-order valence-electron chi connectivity index (χ2n) is 7.49. The Morgan fingerprint density at radius 3 is 2.23 bits per heavy atom. The van der Waals surface area contributed by atoms with E-state index in [2.05, 4.69) is 37.3 Å². The van der Waals surface area contributed by atoms with Gasteiger partial charge < -0.3 is 26.6 Å². The van der Waals surface area contributed by atoms with E-state index in [1.165, 1.54) is 25.8 Å². The summed E-state index contributed by atoms with van der Waals surface area (Å²) in [7, 11) is 0. The fraction of sp³-hybridized carbons (Fsp3) is 0.684. The van der Waals surface area contributed by atoms with Crippen molar-refractivity contribution in [2.24, 2.45) is 0 Å². The summed E-state index contributed by atoms with van der Waals surface area (Å²) >= 11 is 5.78. The van der Waals surface area contributed by atoms with Crippen LogP contribution in [-0.4, -0.2) is 77.4 Å². The van der Waals surface area contributed by atoms with E-state index in [9.17, 15) is 4.79 Å². The molecule has 7 N–H and O–H groups in total. The number of hydrogen-bond donors (Lipinski definition) is 5. The molecule has 1 saturated heterocycles. The summed E-state index contributed by atoms with van der Waals surface area (Å²) in [5, 5.41) is 13.0. The predicted molar refractivity (Wildman–Crippen MR) is 121 cm³/mol. The largest absolute Gasteiger partial charge is 0.382 e. The van der Waals surface area contributed by atoms with Gasteiger partial charge in [-0.05, 0) is 32.4 Å². The van der Waals surface area contributed by atoms with Gasteiger partial charge in [-0.25, -0.2) is 9.97 Å². The number of aromatic nitrogens is 2. The molecule has 0 unspecified atom stereocenters. The van der Waals surface area contributed by atoms with Crippen LogP contribution < -0.4 is 22.1 Å². The lowest BCUT2D eigenvalue weighted by molar-refractivity contribution is 0.0971. The zero-order valence-corrected chi connectivity index (χ0v) is 18.5. The highest BCUT2D eigenvalue weighted by atomic mass is 35.5. The molecule has 1 aromatic heterocycles. The molecular weight excluding hydrogens is 406 g/mol. The molecule has 0 saturated carbocycles. The van der Waals surface area contributed by atoms with E-state index in [4.69, 9.17) is 28.5 Å². The number of halogens is 1. The Kier molecular flexibility index (Phi) is 10.0. The molecule has 0 aromatic carbocycles. The molecule has 1 amide bonds. The van der Waals surface area contributed by atoms with Gasteiger partial charge in [-0.1, -0.05) is 31.4 Å². The van der Waals surface area contributed by atoms with Crippen LogP contribution in [0.1, 0.15) is 49.5 Å². The number of nitrogen functional groups attached to an aromatic ring is 2. The van der Waals surface area contributed by atoms with E-state index in [1.807, 2.05) is 0 Å². The van der Waals surface area contributed by atoms with Crippen LogP contribution >= 0.6 is 11.6 Å². The van der Waals surface area contributed by atoms with E-state index >= 15 is 0 Å². The monoisotopic (exact) mass is 439 g/mol. The molecule has 1 aromatic rings. The van der Waals surface area contributed by atoms with Crippen molar-refractivity contribution in [3.63, 3.8) is 0 Å². The molecule has 2 rings (SSSR count). The number of nitrogens with one attached hydrogen (secondary N) is 3. The molecule has 1 aliphatic rings.